The first-order valence-corrected chi connectivity index (χ1v) is 10.5. The van der Waals surface area contributed by atoms with Crippen molar-refractivity contribution in [2.45, 2.75) is 10.9 Å². The second kappa shape index (κ2) is 8.97. The maximum atomic E-state index is 12.1. The molecular formula is C18H15N5O5S2. The molecule has 4 rings (SSSR count). The van der Waals surface area contributed by atoms with Crippen molar-refractivity contribution in [2.24, 2.45) is 0 Å². The lowest BCUT2D eigenvalue weighted by molar-refractivity contribution is -0.384. The first-order valence-electron chi connectivity index (χ1n) is 8.70. The van der Waals surface area contributed by atoms with Crippen LogP contribution in [-0.2, 0) is 11.3 Å². The highest BCUT2D eigenvalue weighted by atomic mass is 32.2. The lowest BCUT2D eigenvalue weighted by Crippen LogP contribution is -2.24. The van der Waals surface area contributed by atoms with E-state index in [-0.39, 0.29) is 24.1 Å². The van der Waals surface area contributed by atoms with Gasteiger partial charge in [-0.05, 0) is 29.8 Å². The largest absolute Gasteiger partial charge is 0.454 e. The van der Waals surface area contributed by atoms with Crippen LogP contribution in [0.15, 0.2) is 46.8 Å². The number of hydrogen-bond donors (Lipinski definition) is 2. The van der Waals surface area contributed by atoms with Crippen LogP contribution in [0.1, 0.15) is 5.56 Å². The van der Waals surface area contributed by atoms with Crippen molar-refractivity contribution in [3.05, 3.63) is 58.1 Å². The highest BCUT2D eigenvalue weighted by Gasteiger charge is 2.14. The molecule has 0 unspecified atom stereocenters. The van der Waals surface area contributed by atoms with Crippen LogP contribution in [0.25, 0.3) is 0 Å². The normalized spacial score (nSPS) is 11.9. The predicted molar refractivity (Wildman–Crippen MR) is 111 cm³/mol. The fourth-order valence-electron chi connectivity index (χ4n) is 2.54. The van der Waals surface area contributed by atoms with Crippen LogP contribution in [0.3, 0.4) is 0 Å². The number of fused-ring (bicyclic) bond motifs is 1. The molecule has 30 heavy (non-hydrogen) atoms. The molecule has 0 aliphatic carbocycles. The first-order chi connectivity index (χ1) is 14.6. The molecule has 2 aromatic carbocycles. The van der Waals surface area contributed by atoms with Gasteiger partial charge in [-0.2, -0.15) is 0 Å². The summed E-state index contributed by atoms with van der Waals surface area (Å²) in [7, 11) is 0. The van der Waals surface area contributed by atoms with E-state index in [0.29, 0.717) is 33.2 Å². The van der Waals surface area contributed by atoms with Gasteiger partial charge in [-0.1, -0.05) is 29.2 Å². The zero-order valence-electron chi connectivity index (χ0n) is 15.4. The minimum absolute atomic E-state index is 0.0146. The zero-order valence-corrected chi connectivity index (χ0v) is 17.0. The fraction of sp³-hybridized carbons (Fsp3) is 0.167. The van der Waals surface area contributed by atoms with E-state index >= 15 is 0 Å². The van der Waals surface area contributed by atoms with Crippen LogP contribution in [0, 0.1) is 10.1 Å². The number of nitro benzene ring substituents is 1. The van der Waals surface area contributed by atoms with Gasteiger partial charge in [0.25, 0.3) is 5.69 Å². The van der Waals surface area contributed by atoms with Crippen LogP contribution in [0.4, 0.5) is 16.5 Å². The molecule has 0 saturated heterocycles. The van der Waals surface area contributed by atoms with Crippen molar-refractivity contribution in [3.63, 3.8) is 0 Å². The number of benzene rings is 2. The summed E-state index contributed by atoms with van der Waals surface area (Å²) in [6, 6.07) is 11.5. The Kier molecular flexibility index (Phi) is 5.95. The standard InChI is InChI=1S/C18H15N5O5S2/c24-16(19-8-11-1-6-14-15(7-11)28-10-27-14)9-29-18-22-21-17(30-18)20-12-2-4-13(5-3-12)23(25)26/h1-7H,8-10H2,(H,19,24)(H,20,21). The zero-order chi connectivity index (χ0) is 20.9. The molecule has 1 aliphatic heterocycles. The van der Waals surface area contributed by atoms with E-state index in [1.165, 1.54) is 35.2 Å². The number of carbonyl (C=O) groups is 1. The number of ether oxygens (including phenoxy) is 2. The van der Waals surface area contributed by atoms with Gasteiger partial charge in [-0.25, -0.2) is 0 Å². The van der Waals surface area contributed by atoms with Crippen molar-refractivity contribution in [1.29, 1.82) is 0 Å². The van der Waals surface area contributed by atoms with Gasteiger partial charge in [-0.15, -0.1) is 10.2 Å². The van der Waals surface area contributed by atoms with Crippen LogP contribution in [0.5, 0.6) is 11.5 Å². The Labute approximate surface area is 178 Å². The summed E-state index contributed by atoms with van der Waals surface area (Å²) in [5, 5.41) is 25.2. The molecule has 0 saturated carbocycles. The summed E-state index contributed by atoms with van der Waals surface area (Å²) in [6.45, 7) is 0.601. The quantitative estimate of drug-likeness (QED) is 0.305. The lowest BCUT2D eigenvalue weighted by Gasteiger charge is -2.05. The van der Waals surface area contributed by atoms with Gasteiger partial charge in [0.2, 0.25) is 17.8 Å². The highest BCUT2D eigenvalue weighted by molar-refractivity contribution is 8.01. The number of nitro groups is 1. The molecule has 0 atom stereocenters. The fourth-order valence-corrected chi connectivity index (χ4v) is 4.14. The number of nitrogens with zero attached hydrogens (tertiary/aromatic N) is 3. The number of non-ortho nitro benzene ring substituents is 1. The van der Waals surface area contributed by atoms with E-state index in [1.54, 1.807) is 12.1 Å². The van der Waals surface area contributed by atoms with Crippen molar-refractivity contribution in [2.75, 3.05) is 17.9 Å². The molecule has 12 heteroatoms. The van der Waals surface area contributed by atoms with Gasteiger partial charge in [-0.3, -0.25) is 14.9 Å². The summed E-state index contributed by atoms with van der Waals surface area (Å²) in [5.41, 5.74) is 1.60. The number of aromatic nitrogens is 2. The number of rotatable bonds is 8. The molecule has 0 radical (unpaired) electrons. The molecule has 1 amide bonds. The third-order valence-electron chi connectivity index (χ3n) is 3.99. The van der Waals surface area contributed by atoms with Crippen LogP contribution in [-0.4, -0.2) is 33.6 Å². The van der Waals surface area contributed by atoms with Gasteiger partial charge in [0.15, 0.2) is 15.8 Å². The van der Waals surface area contributed by atoms with Gasteiger partial charge < -0.3 is 20.1 Å². The van der Waals surface area contributed by atoms with Gasteiger partial charge >= 0.3 is 0 Å². The third-order valence-corrected chi connectivity index (χ3v) is 5.96. The summed E-state index contributed by atoms with van der Waals surface area (Å²) in [5.74, 6) is 1.46. The van der Waals surface area contributed by atoms with Crippen LogP contribution < -0.4 is 20.1 Å². The second-order valence-corrected chi connectivity index (χ2v) is 8.26. The maximum Gasteiger partial charge on any atom is 0.269 e. The molecule has 1 aliphatic rings. The minimum atomic E-state index is -0.457. The number of hydrogen-bond acceptors (Lipinski definition) is 10. The van der Waals surface area contributed by atoms with Crippen LogP contribution >= 0.6 is 23.1 Å². The molecule has 0 fully saturated rings. The average molecular weight is 445 g/mol. The van der Waals surface area contributed by atoms with E-state index in [9.17, 15) is 14.9 Å². The summed E-state index contributed by atoms with van der Waals surface area (Å²) in [4.78, 5) is 22.3. The Hall–Kier alpha value is -3.38. The molecule has 2 heterocycles. The predicted octanol–water partition coefficient (Wildman–Crippen LogP) is 3.33. The van der Waals surface area contributed by atoms with Crippen molar-refractivity contribution < 1.29 is 19.2 Å². The van der Waals surface area contributed by atoms with E-state index in [0.717, 1.165) is 5.56 Å². The number of nitrogens with one attached hydrogen (secondary N) is 2. The van der Waals surface area contributed by atoms with E-state index < -0.39 is 4.92 Å². The number of thioether (sulfide) groups is 1. The highest BCUT2D eigenvalue weighted by Crippen LogP contribution is 2.32. The second-order valence-electron chi connectivity index (χ2n) is 6.06. The average Bonchev–Trinajstić information content (AvgIpc) is 3.40. The molecule has 2 N–H and O–H groups in total. The summed E-state index contributed by atoms with van der Waals surface area (Å²) in [6.07, 6.45) is 0. The smallest absolute Gasteiger partial charge is 0.269 e. The third kappa shape index (κ3) is 4.96. The molecule has 0 spiro atoms. The number of amides is 1. The first kappa shape index (κ1) is 19.9. The number of carbonyl (C=O) groups excluding carboxylic acids is 1. The molecule has 0 bridgehead atoms. The lowest BCUT2D eigenvalue weighted by atomic mass is 10.2. The van der Waals surface area contributed by atoms with Gasteiger partial charge in [0.1, 0.15) is 0 Å². The Bertz CT molecular complexity index is 1070. The molecule has 10 nitrogen and oxygen atoms in total. The Balaban J connectivity index is 1.23. The van der Waals surface area contributed by atoms with E-state index in [4.69, 9.17) is 9.47 Å². The Morgan fingerprint density at radius 2 is 1.97 bits per heavy atom. The Morgan fingerprint density at radius 1 is 1.17 bits per heavy atom. The molecule has 1 aromatic heterocycles. The van der Waals surface area contributed by atoms with Gasteiger partial charge in [0, 0.05) is 24.4 Å². The SMILES string of the molecule is O=C(CSc1nnc(Nc2ccc([N+](=O)[O-])cc2)s1)NCc1ccc2c(c1)OCO2. The summed E-state index contributed by atoms with van der Waals surface area (Å²) < 4.78 is 11.2. The number of anilines is 2. The topological polar surface area (TPSA) is 129 Å². The van der Waals surface area contributed by atoms with Crippen LogP contribution in [0.2, 0.25) is 0 Å². The molecule has 154 valence electrons. The van der Waals surface area contributed by atoms with Crippen molar-refractivity contribution >= 4 is 45.5 Å². The maximum absolute atomic E-state index is 12.1. The summed E-state index contributed by atoms with van der Waals surface area (Å²) >= 11 is 2.57. The van der Waals surface area contributed by atoms with Crippen molar-refractivity contribution in [3.8, 4) is 11.5 Å². The molecule has 3 aromatic rings. The molecular weight excluding hydrogens is 430 g/mol. The van der Waals surface area contributed by atoms with E-state index in [2.05, 4.69) is 20.8 Å². The Morgan fingerprint density at radius 3 is 2.77 bits per heavy atom. The van der Waals surface area contributed by atoms with Gasteiger partial charge in [0.05, 0.1) is 10.7 Å². The monoisotopic (exact) mass is 445 g/mol. The van der Waals surface area contributed by atoms with E-state index in [1.807, 2.05) is 18.2 Å². The minimum Gasteiger partial charge on any atom is -0.454 e. The van der Waals surface area contributed by atoms with Crippen molar-refractivity contribution in [1.82, 2.24) is 15.5 Å².